The molecule has 1 aliphatic heterocycles. The molecular formula is C15H24N2O. The Labute approximate surface area is 110 Å². The van der Waals surface area contributed by atoms with Gasteiger partial charge in [0.1, 0.15) is 5.82 Å². The number of pyridine rings is 1. The van der Waals surface area contributed by atoms with Gasteiger partial charge in [-0.05, 0) is 37.7 Å². The lowest BCUT2D eigenvalue weighted by Crippen LogP contribution is -2.36. The average molecular weight is 248 g/mol. The Morgan fingerprint density at radius 3 is 2.50 bits per heavy atom. The van der Waals surface area contributed by atoms with Gasteiger partial charge < -0.3 is 10.0 Å². The number of anilines is 1. The van der Waals surface area contributed by atoms with Gasteiger partial charge in [0, 0.05) is 24.8 Å². The van der Waals surface area contributed by atoms with Crippen LogP contribution in [0, 0.1) is 11.8 Å². The molecule has 0 saturated carbocycles. The monoisotopic (exact) mass is 248 g/mol. The highest BCUT2D eigenvalue weighted by molar-refractivity contribution is 5.48. The highest BCUT2D eigenvalue weighted by Gasteiger charge is 2.24. The molecule has 100 valence electrons. The molecule has 1 aromatic heterocycles. The molecule has 0 bridgehead atoms. The van der Waals surface area contributed by atoms with Gasteiger partial charge in [-0.1, -0.05) is 19.9 Å². The van der Waals surface area contributed by atoms with Crippen LogP contribution in [-0.2, 0) is 0 Å². The van der Waals surface area contributed by atoms with Crippen molar-refractivity contribution in [3.8, 4) is 0 Å². The Kier molecular flexibility index (Phi) is 4.23. The molecule has 0 unspecified atom stereocenters. The van der Waals surface area contributed by atoms with Gasteiger partial charge >= 0.3 is 0 Å². The van der Waals surface area contributed by atoms with E-state index in [-0.39, 0.29) is 0 Å². The van der Waals surface area contributed by atoms with Crippen LogP contribution in [0.25, 0.3) is 0 Å². The van der Waals surface area contributed by atoms with Gasteiger partial charge in [0.15, 0.2) is 0 Å². The Bertz CT molecular complexity index is 382. The first-order valence-electron chi connectivity index (χ1n) is 6.97. The molecular weight excluding hydrogens is 224 g/mol. The molecule has 0 aliphatic carbocycles. The number of nitrogens with zero attached hydrogens (tertiary/aromatic N) is 2. The van der Waals surface area contributed by atoms with Gasteiger partial charge in [0.25, 0.3) is 0 Å². The zero-order valence-electron chi connectivity index (χ0n) is 11.6. The van der Waals surface area contributed by atoms with Crippen LogP contribution in [0.1, 0.15) is 45.3 Å². The maximum atomic E-state index is 9.81. The van der Waals surface area contributed by atoms with Crippen molar-refractivity contribution in [1.82, 2.24) is 4.98 Å². The Hall–Kier alpha value is -1.09. The number of aromatic nitrogens is 1. The van der Waals surface area contributed by atoms with E-state index in [1.165, 1.54) is 12.8 Å². The normalized spacial score (nSPS) is 19.3. The van der Waals surface area contributed by atoms with Crippen LogP contribution in [0.4, 0.5) is 5.82 Å². The molecule has 3 heteroatoms. The van der Waals surface area contributed by atoms with Crippen LogP contribution in [-0.4, -0.2) is 23.2 Å². The van der Waals surface area contributed by atoms with Crippen LogP contribution < -0.4 is 4.90 Å². The summed E-state index contributed by atoms with van der Waals surface area (Å²) in [6.07, 6.45) is 3.83. The number of hydrogen-bond donors (Lipinski definition) is 1. The largest absolute Gasteiger partial charge is 0.389 e. The lowest BCUT2D eigenvalue weighted by atomic mass is 9.86. The number of rotatable bonds is 3. The van der Waals surface area contributed by atoms with Crippen molar-refractivity contribution in [2.24, 2.45) is 11.8 Å². The molecule has 2 rings (SSSR count). The molecule has 1 aromatic rings. The van der Waals surface area contributed by atoms with Crippen molar-refractivity contribution >= 4 is 5.82 Å². The molecule has 1 N–H and O–H groups in total. The van der Waals surface area contributed by atoms with Crippen LogP contribution in [0.5, 0.6) is 0 Å². The minimum atomic E-state index is -0.448. The summed E-state index contributed by atoms with van der Waals surface area (Å²) >= 11 is 0. The van der Waals surface area contributed by atoms with E-state index in [2.05, 4.69) is 23.7 Å². The summed E-state index contributed by atoms with van der Waals surface area (Å²) in [6, 6.07) is 3.87. The highest BCUT2D eigenvalue weighted by Crippen LogP contribution is 2.30. The molecule has 18 heavy (non-hydrogen) atoms. The van der Waals surface area contributed by atoms with E-state index in [4.69, 9.17) is 0 Å². The van der Waals surface area contributed by atoms with Gasteiger partial charge in [-0.15, -0.1) is 0 Å². The molecule has 1 saturated heterocycles. The molecule has 0 spiro atoms. The van der Waals surface area contributed by atoms with E-state index in [0.717, 1.165) is 36.3 Å². The predicted octanol–water partition coefficient (Wildman–Crippen LogP) is 3.01. The zero-order chi connectivity index (χ0) is 13.1. The van der Waals surface area contributed by atoms with Crippen molar-refractivity contribution in [3.63, 3.8) is 0 Å². The summed E-state index contributed by atoms with van der Waals surface area (Å²) in [5, 5.41) is 9.81. The second-order valence-corrected chi connectivity index (χ2v) is 5.66. The van der Waals surface area contributed by atoms with Crippen molar-refractivity contribution in [3.05, 3.63) is 23.9 Å². The van der Waals surface area contributed by atoms with E-state index in [1.807, 2.05) is 18.3 Å². The summed E-state index contributed by atoms with van der Waals surface area (Å²) < 4.78 is 0. The maximum absolute atomic E-state index is 9.81. The molecule has 1 atom stereocenters. The lowest BCUT2D eigenvalue weighted by molar-refractivity contribution is 0.199. The fourth-order valence-corrected chi connectivity index (χ4v) is 2.78. The predicted molar refractivity (Wildman–Crippen MR) is 74.6 cm³/mol. The molecule has 0 aromatic carbocycles. The van der Waals surface area contributed by atoms with Crippen LogP contribution in [0.2, 0.25) is 0 Å². The third-order valence-electron chi connectivity index (χ3n) is 4.05. The Balaban J connectivity index is 2.10. The van der Waals surface area contributed by atoms with E-state index in [0.29, 0.717) is 0 Å². The number of aliphatic hydroxyl groups is 1. The van der Waals surface area contributed by atoms with E-state index >= 15 is 0 Å². The van der Waals surface area contributed by atoms with Crippen molar-refractivity contribution in [1.29, 1.82) is 0 Å². The van der Waals surface area contributed by atoms with Crippen LogP contribution in [0.15, 0.2) is 18.3 Å². The molecule has 2 heterocycles. The van der Waals surface area contributed by atoms with Crippen molar-refractivity contribution < 1.29 is 5.11 Å². The number of aliphatic hydroxyl groups excluding tert-OH is 1. The average Bonchev–Trinajstić information content (AvgIpc) is 2.39. The van der Waals surface area contributed by atoms with Gasteiger partial charge in [-0.3, -0.25) is 0 Å². The second kappa shape index (κ2) is 5.70. The summed E-state index contributed by atoms with van der Waals surface area (Å²) in [4.78, 5) is 6.78. The summed E-state index contributed by atoms with van der Waals surface area (Å²) in [6.45, 7) is 8.53. The first-order chi connectivity index (χ1) is 8.59. The van der Waals surface area contributed by atoms with E-state index in [9.17, 15) is 5.11 Å². The molecule has 0 radical (unpaired) electrons. The van der Waals surface area contributed by atoms with Crippen LogP contribution >= 0.6 is 0 Å². The van der Waals surface area contributed by atoms with Gasteiger partial charge in [0.2, 0.25) is 0 Å². The Morgan fingerprint density at radius 1 is 1.28 bits per heavy atom. The van der Waals surface area contributed by atoms with Gasteiger partial charge in [-0.2, -0.15) is 0 Å². The SMILES string of the molecule is CC(C)C1CCN(c2ncccc2[C@H](C)O)CC1. The third-order valence-corrected chi connectivity index (χ3v) is 4.05. The smallest absolute Gasteiger partial charge is 0.134 e. The summed E-state index contributed by atoms with van der Waals surface area (Å²) in [5.41, 5.74) is 0.945. The molecule has 3 nitrogen and oxygen atoms in total. The fraction of sp³-hybridized carbons (Fsp3) is 0.667. The maximum Gasteiger partial charge on any atom is 0.134 e. The topological polar surface area (TPSA) is 36.4 Å². The first kappa shape index (κ1) is 13.3. The zero-order valence-corrected chi connectivity index (χ0v) is 11.6. The molecule has 1 fully saturated rings. The van der Waals surface area contributed by atoms with Gasteiger partial charge in [0.05, 0.1) is 6.10 Å². The molecule has 1 aliphatic rings. The fourth-order valence-electron chi connectivity index (χ4n) is 2.78. The second-order valence-electron chi connectivity index (χ2n) is 5.66. The highest BCUT2D eigenvalue weighted by atomic mass is 16.3. The minimum Gasteiger partial charge on any atom is -0.389 e. The molecule has 0 amide bonds. The lowest BCUT2D eigenvalue weighted by Gasteiger charge is -2.35. The van der Waals surface area contributed by atoms with Gasteiger partial charge in [-0.25, -0.2) is 4.98 Å². The number of hydrogen-bond acceptors (Lipinski definition) is 3. The van der Waals surface area contributed by atoms with Crippen LogP contribution in [0.3, 0.4) is 0 Å². The third kappa shape index (κ3) is 2.83. The Morgan fingerprint density at radius 2 is 1.94 bits per heavy atom. The van der Waals surface area contributed by atoms with Crippen molar-refractivity contribution in [2.45, 2.75) is 39.7 Å². The number of piperidine rings is 1. The summed E-state index contributed by atoms with van der Waals surface area (Å²) in [7, 11) is 0. The standard InChI is InChI=1S/C15H24N2O/c1-11(2)13-6-9-17(10-7-13)15-14(12(3)18)5-4-8-16-15/h4-5,8,11-13,18H,6-7,9-10H2,1-3H3/t12-/m0/s1. The first-order valence-corrected chi connectivity index (χ1v) is 6.97. The quantitative estimate of drug-likeness (QED) is 0.893. The minimum absolute atomic E-state index is 0.448. The van der Waals surface area contributed by atoms with Crippen molar-refractivity contribution in [2.75, 3.05) is 18.0 Å². The van der Waals surface area contributed by atoms with E-state index < -0.39 is 6.10 Å². The van der Waals surface area contributed by atoms with E-state index in [1.54, 1.807) is 6.92 Å². The summed E-state index contributed by atoms with van der Waals surface area (Å²) in [5.74, 6) is 2.57.